The van der Waals surface area contributed by atoms with Crippen molar-refractivity contribution in [1.82, 2.24) is 10.2 Å². The fraction of sp³-hybridized carbons (Fsp3) is 0.346. The quantitative estimate of drug-likeness (QED) is 0.495. The van der Waals surface area contributed by atoms with Gasteiger partial charge in [-0.2, -0.15) is 0 Å². The van der Waals surface area contributed by atoms with Gasteiger partial charge in [-0.05, 0) is 55.0 Å². The lowest BCUT2D eigenvalue weighted by Crippen LogP contribution is -2.41. The summed E-state index contributed by atoms with van der Waals surface area (Å²) in [6, 6.07) is 13.0. The van der Waals surface area contributed by atoms with Gasteiger partial charge >= 0.3 is 0 Å². The van der Waals surface area contributed by atoms with Crippen LogP contribution < -0.4 is 14.8 Å². The second kappa shape index (κ2) is 10.6. The summed E-state index contributed by atoms with van der Waals surface area (Å²) in [5, 5.41) is 3.78. The van der Waals surface area contributed by atoms with E-state index in [-0.39, 0.29) is 5.91 Å². The van der Waals surface area contributed by atoms with E-state index in [2.05, 4.69) is 16.8 Å². The summed E-state index contributed by atoms with van der Waals surface area (Å²) in [5.74, 6) is 1.75. The molecule has 2 heterocycles. The molecule has 0 saturated carbocycles. The zero-order chi connectivity index (χ0) is 23.2. The standard InChI is InChI=1S/C26H30N2O5/c1-18(2)17-32-21-8-9-23-22(16-21)24(25(33-23)19-4-6-20(30-3)7-5-19)26(29)27-10-11-28-12-14-31-15-13-28/h4-9,16H,1,10-15,17H2,2-3H3,(H,27,29). The van der Waals surface area contributed by atoms with Crippen LogP contribution in [-0.4, -0.2) is 63.9 Å². The second-order valence-electron chi connectivity index (χ2n) is 8.15. The van der Waals surface area contributed by atoms with Crippen molar-refractivity contribution in [3.8, 4) is 22.8 Å². The number of nitrogens with one attached hydrogen (secondary N) is 1. The number of amides is 1. The van der Waals surface area contributed by atoms with Gasteiger partial charge < -0.3 is 23.9 Å². The highest BCUT2D eigenvalue weighted by Gasteiger charge is 2.23. The first-order valence-electron chi connectivity index (χ1n) is 11.1. The van der Waals surface area contributed by atoms with E-state index in [0.717, 1.165) is 49.7 Å². The SMILES string of the molecule is C=C(C)COc1ccc2oc(-c3ccc(OC)cc3)c(C(=O)NCCN3CCOCC3)c2c1. The summed E-state index contributed by atoms with van der Waals surface area (Å²) in [6.07, 6.45) is 0. The average molecular weight is 451 g/mol. The number of carbonyl (C=O) groups excluding carboxylic acids is 1. The van der Waals surface area contributed by atoms with Crippen LogP contribution in [0.2, 0.25) is 0 Å². The smallest absolute Gasteiger partial charge is 0.255 e. The predicted octanol–water partition coefficient (Wildman–Crippen LogP) is 4.13. The van der Waals surface area contributed by atoms with Crippen LogP contribution in [-0.2, 0) is 4.74 Å². The highest BCUT2D eigenvalue weighted by atomic mass is 16.5. The molecule has 0 atom stereocenters. The Labute approximate surface area is 193 Å². The lowest BCUT2D eigenvalue weighted by Gasteiger charge is -2.26. The number of furan rings is 1. The Balaban J connectivity index is 1.63. The normalized spacial score (nSPS) is 14.2. The Bertz CT molecular complexity index is 1110. The first kappa shape index (κ1) is 22.9. The largest absolute Gasteiger partial charge is 0.497 e. The first-order valence-corrected chi connectivity index (χ1v) is 11.1. The summed E-state index contributed by atoms with van der Waals surface area (Å²) in [4.78, 5) is 15.6. The molecule has 33 heavy (non-hydrogen) atoms. The highest BCUT2D eigenvalue weighted by molar-refractivity contribution is 6.11. The molecule has 7 nitrogen and oxygen atoms in total. The fourth-order valence-electron chi connectivity index (χ4n) is 3.78. The van der Waals surface area contributed by atoms with Crippen LogP contribution in [0.15, 0.2) is 59.0 Å². The van der Waals surface area contributed by atoms with Crippen LogP contribution in [0.25, 0.3) is 22.3 Å². The molecule has 2 aromatic carbocycles. The summed E-state index contributed by atoms with van der Waals surface area (Å²) in [5.41, 5.74) is 2.84. The summed E-state index contributed by atoms with van der Waals surface area (Å²) in [7, 11) is 1.62. The minimum absolute atomic E-state index is 0.176. The minimum Gasteiger partial charge on any atom is -0.497 e. The van der Waals surface area contributed by atoms with Crippen LogP contribution in [0.3, 0.4) is 0 Å². The van der Waals surface area contributed by atoms with E-state index in [0.29, 0.717) is 41.2 Å². The van der Waals surface area contributed by atoms with Crippen molar-refractivity contribution in [3.05, 3.63) is 60.2 Å². The lowest BCUT2D eigenvalue weighted by atomic mass is 10.0. The zero-order valence-electron chi connectivity index (χ0n) is 19.2. The Morgan fingerprint density at radius 1 is 1.12 bits per heavy atom. The predicted molar refractivity (Wildman–Crippen MR) is 128 cm³/mol. The molecule has 3 aromatic rings. The molecule has 0 bridgehead atoms. The van der Waals surface area contributed by atoms with Crippen LogP contribution in [0.5, 0.6) is 11.5 Å². The number of benzene rings is 2. The van der Waals surface area contributed by atoms with Crippen molar-refractivity contribution in [1.29, 1.82) is 0 Å². The van der Waals surface area contributed by atoms with E-state index in [9.17, 15) is 4.79 Å². The minimum atomic E-state index is -0.176. The molecule has 1 aliphatic heterocycles. The maximum atomic E-state index is 13.4. The Kier molecular flexibility index (Phi) is 7.32. The second-order valence-corrected chi connectivity index (χ2v) is 8.15. The number of hydrogen-bond donors (Lipinski definition) is 1. The van der Waals surface area contributed by atoms with Gasteiger partial charge in [0.2, 0.25) is 0 Å². The number of ether oxygens (including phenoxy) is 3. The molecule has 1 saturated heterocycles. The molecular weight excluding hydrogens is 420 g/mol. The number of fused-ring (bicyclic) bond motifs is 1. The number of carbonyl (C=O) groups is 1. The van der Waals surface area contributed by atoms with Crippen molar-refractivity contribution >= 4 is 16.9 Å². The van der Waals surface area contributed by atoms with E-state index >= 15 is 0 Å². The van der Waals surface area contributed by atoms with Crippen LogP contribution in [0, 0.1) is 0 Å². The van der Waals surface area contributed by atoms with Crippen molar-refractivity contribution in [3.63, 3.8) is 0 Å². The third kappa shape index (κ3) is 5.56. The highest BCUT2D eigenvalue weighted by Crippen LogP contribution is 2.36. The third-order valence-electron chi connectivity index (χ3n) is 5.54. The average Bonchev–Trinajstić information content (AvgIpc) is 3.22. The summed E-state index contributed by atoms with van der Waals surface area (Å²) in [6.45, 7) is 10.7. The molecule has 174 valence electrons. The van der Waals surface area contributed by atoms with E-state index in [1.165, 1.54) is 0 Å². The molecule has 4 rings (SSSR count). The molecular formula is C26H30N2O5. The lowest BCUT2D eigenvalue weighted by molar-refractivity contribution is 0.0383. The number of hydrogen-bond acceptors (Lipinski definition) is 6. The van der Waals surface area contributed by atoms with Gasteiger partial charge in [0.15, 0.2) is 0 Å². The van der Waals surface area contributed by atoms with Crippen molar-refractivity contribution in [2.45, 2.75) is 6.92 Å². The molecule has 1 amide bonds. The number of nitrogens with zero attached hydrogens (tertiary/aromatic N) is 1. The Morgan fingerprint density at radius 3 is 2.55 bits per heavy atom. The fourth-order valence-corrected chi connectivity index (χ4v) is 3.78. The molecule has 0 radical (unpaired) electrons. The molecule has 1 aromatic heterocycles. The first-order chi connectivity index (χ1) is 16.0. The van der Waals surface area contributed by atoms with Gasteiger partial charge in [0.1, 0.15) is 29.4 Å². The molecule has 7 heteroatoms. The van der Waals surface area contributed by atoms with Crippen molar-refractivity contribution < 1.29 is 23.4 Å². The Hall–Kier alpha value is -3.29. The van der Waals surface area contributed by atoms with Gasteiger partial charge in [-0.3, -0.25) is 9.69 Å². The molecule has 0 unspecified atom stereocenters. The van der Waals surface area contributed by atoms with Gasteiger partial charge in [-0.15, -0.1) is 0 Å². The Morgan fingerprint density at radius 2 is 1.85 bits per heavy atom. The van der Waals surface area contributed by atoms with Crippen LogP contribution >= 0.6 is 0 Å². The summed E-state index contributed by atoms with van der Waals surface area (Å²) >= 11 is 0. The van der Waals surface area contributed by atoms with Crippen molar-refractivity contribution in [2.75, 3.05) is 53.1 Å². The van der Waals surface area contributed by atoms with Gasteiger partial charge in [0, 0.05) is 37.1 Å². The molecule has 0 aliphatic carbocycles. The number of morpholine rings is 1. The maximum Gasteiger partial charge on any atom is 0.255 e. The number of rotatable bonds is 9. The zero-order valence-corrected chi connectivity index (χ0v) is 19.2. The van der Waals surface area contributed by atoms with E-state index in [4.69, 9.17) is 18.6 Å². The topological polar surface area (TPSA) is 73.2 Å². The van der Waals surface area contributed by atoms with E-state index in [1.54, 1.807) is 7.11 Å². The van der Waals surface area contributed by atoms with Crippen LogP contribution in [0.4, 0.5) is 0 Å². The maximum absolute atomic E-state index is 13.4. The van der Waals surface area contributed by atoms with Crippen LogP contribution in [0.1, 0.15) is 17.3 Å². The summed E-state index contributed by atoms with van der Waals surface area (Å²) < 4.78 is 22.6. The number of methoxy groups -OCH3 is 1. The molecule has 1 N–H and O–H groups in total. The van der Waals surface area contributed by atoms with E-state index < -0.39 is 0 Å². The molecule has 1 fully saturated rings. The van der Waals surface area contributed by atoms with E-state index in [1.807, 2.05) is 49.4 Å². The van der Waals surface area contributed by atoms with Gasteiger partial charge in [0.25, 0.3) is 5.91 Å². The van der Waals surface area contributed by atoms with Crippen molar-refractivity contribution in [2.24, 2.45) is 0 Å². The third-order valence-corrected chi connectivity index (χ3v) is 5.54. The van der Waals surface area contributed by atoms with Gasteiger partial charge in [0.05, 0.1) is 25.9 Å². The molecule has 1 aliphatic rings. The molecule has 0 spiro atoms. The van der Waals surface area contributed by atoms with Gasteiger partial charge in [-0.25, -0.2) is 0 Å². The monoisotopic (exact) mass is 450 g/mol. The van der Waals surface area contributed by atoms with Gasteiger partial charge in [-0.1, -0.05) is 6.58 Å².